The van der Waals surface area contributed by atoms with E-state index in [-0.39, 0.29) is 0 Å². The average Bonchev–Trinajstić information content (AvgIpc) is 2.26. The molecule has 1 fully saturated rings. The minimum absolute atomic E-state index is 0.316. The van der Waals surface area contributed by atoms with Crippen molar-refractivity contribution < 1.29 is 14.7 Å². The van der Waals surface area contributed by atoms with E-state index in [2.05, 4.69) is 10.3 Å². The van der Waals surface area contributed by atoms with Gasteiger partial charge in [0.05, 0.1) is 5.41 Å². The molecule has 1 aliphatic carbocycles. The maximum absolute atomic E-state index is 11.2. The first kappa shape index (κ1) is 13.3. The van der Waals surface area contributed by atoms with Crippen LogP contribution in [0.5, 0.6) is 0 Å². The molecule has 1 aromatic rings. The third kappa shape index (κ3) is 2.67. The van der Waals surface area contributed by atoms with Crippen LogP contribution in [0.3, 0.4) is 0 Å². The smallest absolute Gasteiger partial charge is 0.311 e. The van der Waals surface area contributed by atoms with Crippen LogP contribution in [-0.4, -0.2) is 28.5 Å². The number of pyridine rings is 1. The monoisotopic (exact) mass is 263 g/mol. The van der Waals surface area contributed by atoms with Crippen molar-refractivity contribution in [1.29, 1.82) is 0 Å². The lowest BCUT2D eigenvalue weighted by Crippen LogP contribution is -2.43. The summed E-state index contributed by atoms with van der Waals surface area (Å²) in [5.74, 6) is -0.819. The van der Waals surface area contributed by atoms with E-state index < -0.39 is 17.3 Å². The number of rotatable bonds is 5. The van der Waals surface area contributed by atoms with Crippen LogP contribution in [0.15, 0.2) is 12.1 Å². The zero-order chi connectivity index (χ0) is 14.0. The van der Waals surface area contributed by atoms with Crippen molar-refractivity contribution >= 4 is 17.7 Å². The van der Waals surface area contributed by atoms with Crippen molar-refractivity contribution in [3.8, 4) is 0 Å². The lowest BCUT2D eigenvalue weighted by Gasteiger charge is -2.37. The number of nitrogens with zero attached hydrogens (tertiary/aromatic N) is 1. The summed E-state index contributed by atoms with van der Waals surface area (Å²) in [6.07, 6.45) is 2.27. The summed E-state index contributed by atoms with van der Waals surface area (Å²) in [5.41, 5.74) is 5.57. The minimum atomic E-state index is -0.783. The molecule has 0 aliphatic heterocycles. The maximum Gasteiger partial charge on any atom is 0.311 e. The normalized spacial score (nSPS) is 16.5. The van der Waals surface area contributed by atoms with Crippen LogP contribution in [0, 0.1) is 12.3 Å². The molecule has 1 heterocycles. The second kappa shape index (κ2) is 4.87. The number of amides is 1. The number of carboxylic acid groups (broad SMARTS) is 1. The van der Waals surface area contributed by atoms with Gasteiger partial charge in [-0.3, -0.25) is 9.59 Å². The predicted molar refractivity (Wildman–Crippen MR) is 69.9 cm³/mol. The molecule has 0 unspecified atom stereocenters. The largest absolute Gasteiger partial charge is 0.481 e. The quantitative estimate of drug-likeness (QED) is 0.739. The van der Waals surface area contributed by atoms with Gasteiger partial charge in [0.2, 0.25) is 5.91 Å². The highest BCUT2D eigenvalue weighted by atomic mass is 16.4. The summed E-state index contributed by atoms with van der Waals surface area (Å²) >= 11 is 0. The number of carbonyl (C=O) groups is 2. The first-order chi connectivity index (χ1) is 8.93. The molecule has 0 bridgehead atoms. The topological polar surface area (TPSA) is 105 Å². The van der Waals surface area contributed by atoms with Gasteiger partial charge in [-0.2, -0.15) is 0 Å². The number of nitrogens with two attached hydrogens (primary N) is 1. The lowest BCUT2D eigenvalue weighted by atomic mass is 9.69. The Labute approximate surface area is 111 Å². The standard InChI is InChI=1S/C13H17N3O3/c1-8-5-9(11(14)17)6-10(16-8)15-7-13(12(18)19)3-2-4-13/h5-6H,2-4,7H2,1H3,(H2,14,17)(H,15,16)(H,18,19). The molecule has 19 heavy (non-hydrogen) atoms. The Hall–Kier alpha value is -2.11. The van der Waals surface area contributed by atoms with Gasteiger partial charge in [0, 0.05) is 17.8 Å². The number of hydrogen-bond donors (Lipinski definition) is 3. The predicted octanol–water partition coefficient (Wildman–Crippen LogP) is 1.16. The molecule has 0 spiro atoms. The third-order valence-electron chi connectivity index (χ3n) is 3.61. The third-order valence-corrected chi connectivity index (χ3v) is 3.61. The number of carbonyl (C=O) groups excluding carboxylic acids is 1. The highest BCUT2D eigenvalue weighted by Gasteiger charge is 2.44. The van der Waals surface area contributed by atoms with Crippen LogP contribution in [-0.2, 0) is 4.79 Å². The average molecular weight is 263 g/mol. The number of aryl methyl sites for hydroxylation is 1. The Morgan fingerprint density at radius 2 is 2.16 bits per heavy atom. The van der Waals surface area contributed by atoms with Gasteiger partial charge in [-0.05, 0) is 31.9 Å². The highest BCUT2D eigenvalue weighted by molar-refractivity contribution is 5.93. The van der Waals surface area contributed by atoms with Gasteiger partial charge in [0.25, 0.3) is 0 Å². The van der Waals surface area contributed by atoms with E-state index in [1.54, 1.807) is 19.1 Å². The number of aromatic nitrogens is 1. The van der Waals surface area contributed by atoms with Crippen LogP contribution in [0.2, 0.25) is 0 Å². The Kier molecular flexibility index (Phi) is 3.42. The molecule has 0 atom stereocenters. The molecule has 0 aromatic carbocycles. The summed E-state index contributed by atoms with van der Waals surface area (Å²) in [7, 11) is 0. The second-order valence-corrected chi connectivity index (χ2v) is 5.04. The van der Waals surface area contributed by atoms with Gasteiger partial charge in [0.1, 0.15) is 5.82 Å². The van der Waals surface area contributed by atoms with E-state index >= 15 is 0 Å². The molecule has 6 nitrogen and oxygen atoms in total. The number of primary amides is 1. The van der Waals surface area contributed by atoms with Crippen molar-refractivity contribution in [1.82, 2.24) is 4.98 Å². The van der Waals surface area contributed by atoms with E-state index in [1.807, 2.05) is 0 Å². The van der Waals surface area contributed by atoms with Gasteiger partial charge in [0.15, 0.2) is 0 Å². The lowest BCUT2D eigenvalue weighted by molar-refractivity contribution is -0.153. The fourth-order valence-electron chi connectivity index (χ4n) is 2.23. The summed E-state index contributed by atoms with van der Waals surface area (Å²) in [4.78, 5) is 26.6. The molecule has 1 aromatic heterocycles. The summed E-state index contributed by atoms with van der Waals surface area (Å²) < 4.78 is 0. The van der Waals surface area contributed by atoms with E-state index in [0.29, 0.717) is 36.5 Å². The van der Waals surface area contributed by atoms with Crippen molar-refractivity contribution in [3.63, 3.8) is 0 Å². The van der Waals surface area contributed by atoms with Crippen molar-refractivity contribution in [2.75, 3.05) is 11.9 Å². The number of anilines is 1. The maximum atomic E-state index is 11.2. The molecule has 4 N–H and O–H groups in total. The molecule has 0 saturated heterocycles. The fraction of sp³-hybridized carbons (Fsp3) is 0.462. The summed E-state index contributed by atoms with van der Waals surface area (Å²) in [6, 6.07) is 3.15. The Morgan fingerprint density at radius 3 is 2.63 bits per heavy atom. The first-order valence-corrected chi connectivity index (χ1v) is 6.19. The molecular weight excluding hydrogens is 246 g/mol. The molecule has 6 heteroatoms. The summed E-state index contributed by atoms with van der Waals surface area (Å²) in [5, 5.41) is 12.2. The first-order valence-electron chi connectivity index (χ1n) is 6.19. The number of hydrogen-bond acceptors (Lipinski definition) is 4. The van der Waals surface area contributed by atoms with E-state index in [4.69, 9.17) is 5.73 Å². The van der Waals surface area contributed by atoms with Crippen LogP contribution in [0.25, 0.3) is 0 Å². The zero-order valence-corrected chi connectivity index (χ0v) is 10.8. The van der Waals surface area contributed by atoms with E-state index in [1.165, 1.54) is 0 Å². The number of nitrogens with one attached hydrogen (secondary N) is 1. The molecule has 1 aliphatic rings. The minimum Gasteiger partial charge on any atom is -0.481 e. The van der Waals surface area contributed by atoms with Gasteiger partial charge in [-0.1, -0.05) is 6.42 Å². The van der Waals surface area contributed by atoms with Crippen molar-refractivity contribution in [3.05, 3.63) is 23.4 Å². The Balaban J connectivity index is 2.11. The zero-order valence-electron chi connectivity index (χ0n) is 10.8. The van der Waals surface area contributed by atoms with Crippen LogP contribution >= 0.6 is 0 Å². The van der Waals surface area contributed by atoms with E-state index in [9.17, 15) is 14.7 Å². The highest BCUT2D eigenvalue weighted by Crippen LogP contribution is 2.41. The summed E-state index contributed by atoms with van der Waals surface area (Å²) in [6.45, 7) is 2.07. The molecule has 1 saturated carbocycles. The molecule has 2 rings (SSSR count). The van der Waals surface area contributed by atoms with Crippen LogP contribution in [0.4, 0.5) is 5.82 Å². The van der Waals surface area contributed by atoms with Crippen LogP contribution in [0.1, 0.15) is 35.3 Å². The van der Waals surface area contributed by atoms with Crippen LogP contribution < -0.4 is 11.1 Å². The number of aliphatic carboxylic acids is 1. The Morgan fingerprint density at radius 1 is 1.47 bits per heavy atom. The fourth-order valence-corrected chi connectivity index (χ4v) is 2.23. The Bertz CT molecular complexity index is 524. The molecule has 102 valence electrons. The molecule has 0 radical (unpaired) electrons. The molecule has 1 amide bonds. The van der Waals surface area contributed by atoms with Gasteiger partial charge < -0.3 is 16.2 Å². The van der Waals surface area contributed by atoms with Crippen molar-refractivity contribution in [2.24, 2.45) is 11.1 Å². The number of carboxylic acids is 1. The van der Waals surface area contributed by atoms with Gasteiger partial charge in [-0.25, -0.2) is 4.98 Å². The van der Waals surface area contributed by atoms with Crippen molar-refractivity contribution in [2.45, 2.75) is 26.2 Å². The second-order valence-electron chi connectivity index (χ2n) is 5.04. The molecular formula is C13H17N3O3. The van der Waals surface area contributed by atoms with Gasteiger partial charge in [-0.15, -0.1) is 0 Å². The van der Waals surface area contributed by atoms with E-state index in [0.717, 1.165) is 6.42 Å². The SMILES string of the molecule is Cc1cc(C(N)=O)cc(NCC2(C(=O)O)CCC2)n1. The van der Waals surface area contributed by atoms with Gasteiger partial charge >= 0.3 is 5.97 Å².